The SMILES string of the molecule is CCN(Cc1cccs1)c1nccc(C(=O)O)c1F. The molecule has 2 heterocycles. The predicted octanol–water partition coefficient (Wildman–Crippen LogP) is 3.01. The van der Waals surface area contributed by atoms with E-state index in [1.807, 2.05) is 24.4 Å². The number of aromatic carboxylic acids is 1. The summed E-state index contributed by atoms with van der Waals surface area (Å²) < 4.78 is 14.1. The fraction of sp³-hybridized carbons (Fsp3) is 0.231. The van der Waals surface area contributed by atoms with Gasteiger partial charge in [-0.2, -0.15) is 0 Å². The molecule has 100 valence electrons. The summed E-state index contributed by atoms with van der Waals surface area (Å²) >= 11 is 1.57. The Balaban J connectivity index is 2.33. The number of nitrogens with zero attached hydrogens (tertiary/aromatic N) is 2. The molecule has 2 aromatic heterocycles. The van der Waals surface area contributed by atoms with Crippen LogP contribution in [0.4, 0.5) is 10.2 Å². The Morgan fingerprint density at radius 3 is 2.89 bits per heavy atom. The molecule has 0 aliphatic rings. The molecule has 0 amide bonds. The molecule has 0 spiro atoms. The summed E-state index contributed by atoms with van der Waals surface area (Å²) in [6.07, 6.45) is 1.32. The van der Waals surface area contributed by atoms with E-state index in [0.29, 0.717) is 13.1 Å². The maximum absolute atomic E-state index is 14.1. The molecular weight excluding hydrogens is 267 g/mol. The van der Waals surface area contributed by atoms with E-state index in [4.69, 9.17) is 5.11 Å². The second kappa shape index (κ2) is 5.79. The molecule has 1 N–H and O–H groups in total. The summed E-state index contributed by atoms with van der Waals surface area (Å²) in [5, 5.41) is 10.9. The third kappa shape index (κ3) is 2.90. The predicted molar refractivity (Wildman–Crippen MR) is 72.2 cm³/mol. The van der Waals surface area contributed by atoms with E-state index in [1.165, 1.54) is 12.3 Å². The van der Waals surface area contributed by atoms with Crippen LogP contribution >= 0.6 is 11.3 Å². The Labute approximate surface area is 114 Å². The van der Waals surface area contributed by atoms with Crippen LogP contribution in [0.25, 0.3) is 0 Å². The van der Waals surface area contributed by atoms with Gasteiger partial charge in [-0.1, -0.05) is 6.07 Å². The minimum atomic E-state index is -1.28. The topological polar surface area (TPSA) is 53.4 Å². The summed E-state index contributed by atoms with van der Waals surface area (Å²) in [6, 6.07) is 5.04. The van der Waals surface area contributed by atoms with Crippen LogP contribution in [0, 0.1) is 5.82 Å². The fourth-order valence-corrected chi connectivity index (χ4v) is 2.46. The second-order valence-electron chi connectivity index (χ2n) is 3.89. The molecule has 19 heavy (non-hydrogen) atoms. The first-order valence-corrected chi connectivity index (χ1v) is 6.66. The van der Waals surface area contributed by atoms with E-state index in [9.17, 15) is 9.18 Å². The molecule has 2 aromatic rings. The first-order chi connectivity index (χ1) is 9.13. The molecule has 0 saturated heterocycles. The first kappa shape index (κ1) is 13.5. The van der Waals surface area contributed by atoms with Crippen molar-refractivity contribution in [1.29, 1.82) is 0 Å². The maximum Gasteiger partial charge on any atom is 0.338 e. The van der Waals surface area contributed by atoms with E-state index >= 15 is 0 Å². The van der Waals surface area contributed by atoms with E-state index in [2.05, 4.69) is 4.98 Å². The molecule has 2 rings (SSSR count). The highest BCUT2D eigenvalue weighted by Crippen LogP contribution is 2.22. The van der Waals surface area contributed by atoms with Crippen LogP contribution in [0.5, 0.6) is 0 Å². The van der Waals surface area contributed by atoms with Gasteiger partial charge in [0, 0.05) is 17.6 Å². The zero-order chi connectivity index (χ0) is 13.8. The zero-order valence-corrected chi connectivity index (χ0v) is 11.2. The van der Waals surface area contributed by atoms with Gasteiger partial charge in [0.1, 0.15) is 5.56 Å². The maximum atomic E-state index is 14.1. The summed E-state index contributed by atoms with van der Waals surface area (Å²) in [6.45, 7) is 2.94. The van der Waals surface area contributed by atoms with Crippen molar-refractivity contribution in [3.63, 3.8) is 0 Å². The van der Waals surface area contributed by atoms with Crippen LogP contribution in [0.3, 0.4) is 0 Å². The number of hydrogen-bond acceptors (Lipinski definition) is 4. The van der Waals surface area contributed by atoms with Crippen molar-refractivity contribution >= 4 is 23.1 Å². The molecule has 0 fully saturated rings. The van der Waals surface area contributed by atoms with Gasteiger partial charge >= 0.3 is 5.97 Å². The van der Waals surface area contributed by atoms with Gasteiger partial charge in [0.05, 0.1) is 6.54 Å². The van der Waals surface area contributed by atoms with Gasteiger partial charge in [-0.15, -0.1) is 11.3 Å². The highest BCUT2D eigenvalue weighted by Gasteiger charge is 2.19. The van der Waals surface area contributed by atoms with Crippen molar-refractivity contribution in [2.45, 2.75) is 13.5 Å². The average molecular weight is 280 g/mol. The van der Waals surface area contributed by atoms with Gasteiger partial charge in [0.2, 0.25) is 0 Å². The average Bonchev–Trinajstić information content (AvgIpc) is 2.89. The Bertz CT molecular complexity index is 572. The largest absolute Gasteiger partial charge is 0.478 e. The van der Waals surface area contributed by atoms with Crippen LogP contribution in [-0.4, -0.2) is 22.6 Å². The fourth-order valence-electron chi connectivity index (χ4n) is 1.75. The lowest BCUT2D eigenvalue weighted by atomic mass is 10.2. The number of anilines is 1. The molecule has 0 atom stereocenters. The Hall–Kier alpha value is -1.95. The van der Waals surface area contributed by atoms with Crippen molar-refractivity contribution in [1.82, 2.24) is 4.98 Å². The number of halogens is 1. The zero-order valence-electron chi connectivity index (χ0n) is 10.3. The Kier molecular flexibility index (Phi) is 4.11. The number of thiophene rings is 1. The molecular formula is C13H13FN2O2S. The van der Waals surface area contributed by atoms with Gasteiger partial charge in [0.25, 0.3) is 0 Å². The minimum absolute atomic E-state index is 0.0794. The van der Waals surface area contributed by atoms with Crippen LogP contribution in [0.15, 0.2) is 29.8 Å². The lowest BCUT2D eigenvalue weighted by Gasteiger charge is -2.22. The summed E-state index contributed by atoms with van der Waals surface area (Å²) in [5.41, 5.74) is -0.352. The number of carboxylic acid groups (broad SMARTS) is 1. The van der Waals surface area contributed by atoms with Crippen LogP contribution in [0.1, 0.15) is 22.2 Å². The molecule has 0 aliphatic carbocycles. The highest BCUT2D eigenvalue weighted by molar-refractivity contribution is 7.09. The highest BCUT2D eigenvalue weighted by atomic mass is 32.1. The molecule has 0 radical (unpaired) electrons. The van der Waals surface area contributed by atoms with Gasteiger partial charge in [-0.05, 0) is 24.4 Å². The smallest absolute Gasteiger partial charge is 0.338 e. The van der Waals surface area contributed by atoms with E-state index in [-0.39, 0.29) is 11.4 Å². The molecule has 0 aromatic carbocycles. The van der Waals surface area contributed by atoms with Crippen molar-refractivity contribution < 1.29 is 14.3 Å². The molecule has 0 saturated carbocycles. The third-order valence-electron chi connectivity index (χ3n) is 2.71. The summed E-state index contributed by atoms with van der Waals surface area (Å²) in [4.78, 5) is 17.7. The second-order valence-corrected chi connectivity index (χ2v) is 4.93. The Morgan fingerprint density at radius 2 is 2.32 bits per heavy atom. The third-order valence-corrected chi connectivity index (χ3v) is 3.57. The van der Waals surface area contributed by atoms with Crippen LogP contribution in [0.2, 0.25) is 0 Å². The standard InChI is InChI=1S/C13H13FN2O2S/c1-2-16(8-9-4-3-7-19-9)12-11(14)10(13(17)18)5-6-15-12/h3-7H,2,8H2,1H3,(H,17,18). The number of rotatable bonds is 5. The van der Waals surface area contributed by atoms with Gasteiger partial charge < -0.3 is 10.0 Å². The van der Waals surface area contributed by atoms with Crippen molar-refractivity contribution in [2.75, 3.05) is 11.4 Å². The van der Waals surface area contributed by atoms with Crippen molar-refractivity contribution in [3.8, 4) is 0 Å². The molecule has 4 nitrogen and oxygen atoms in total. The van der Waals surface area contributed by atoms with Gasteiger partial charge in [0.15, 0.2) is 11.6 Å². The normalized spacial score (nSPS) is 10.4. The molecule has 0 unspecified atom stereocenters. The monoisotopic (exact) mass is 280 g/mol. The Morgan fingerprint density at radius 1 is 1.53 bits per heavy atom. The van der Waals surface area contributed by atoms with Crippen LogP contribution < -0.4 is 4.90 Å². The number of carboxylic acids is 1. The van der Waals surface area contributed by atoms with Gasteiger partial charge in [-0.3, -0.25) is 0 Å². The molecule has 0 bridgehead atoms. The van der Waals surface area contributed by atoms with E-state index in [1.54, 1.807) is 16.2 Å². The van der Waals surface area contributed by atoms with Crippen molar-refractivity contribution in [2.24, 2.45) is 0 Å². The molecule has 0 aliphatic heterocycles. The number of pyridine rings is 1. The quantitative estimate of drug-likeness (QED) is 0.914. The lowest BCUT2D eigenvalue weighted by Crippen LogP contribution is -2.24. The summed E-state index contributed by atoms with van der Waals surface area (Å²) in [5.74, 6) is -1.99. The summed E-state index contributed by atoms with van der Waals surface area (Å²) in [7, 11) is 0. The first-order valence-electron chi connectivity index (χ1n) is 5.78. The lowest BCUT2D eigenvalue weighted by molar-refractivity contribution is 0.0691. The number of hydrogen-bond donors (Lipinski definition) is 1. The van der Waals surface area contributed by atoms with Crippen molar-refractivity contribution in [3.05, 3.63) is 46.0 Å². The number of aromatic nitrogens is 1. The van der Waals surface area contributed by atoms with E-state index < -0.39 is 11.8 Å². The van der Waals surface area contributed by atoms with Crippen LogP contribution in [-0.2, 0) is 6.54 Å². The minimum Gasteiger partial charge on any atom is -0.478 e. The molecule has 6 heteroatoms. The van der Waals surface area contributed by atoms with Gasteiger partial charge in [-0.25, -0.2) is 14.2 Å². The van der Waals surface area contributed by atoms with E-state index in [0.717, 1.165) is 4.88 Å². The number of carbonyl (C=O) groups is 1.